The molecule has 0 bridgehead atoms. The van der Waals surface area contributed by atoms with E-state index in [-0.39, 0.29) is 10.7 Å². The first-order valence-electron chi connectivity index (χ1n) is 9.74. The van der Waals surface area contributed by atoms with Crippen LogP contribution in [-0.4, -0.2) is 33.8 Å². The van der Waals surface area contributed by atoms with Crippen LogP contribution < -0.4 is 4.90 Å². The predicted molar refractivity (Wildman–Crippen MR) is 121 cm³/mol. The Morgan fingerprint density at radius 2 is 1.89 bits per heavy atom. The van der Waals surface area contributed by atoms with Gasteiger partial charge < -0.3 is 9.88 Å². The highest BCUT2D eigenvalue weighted by Gasteiger charge is 2.26. The number of aromatic amines is 1. The molecule has 1 atom stereocenters. The minimum atomic E-state index is -0.300. The van der Waals surface area contributed by atoms with Crippen molar-refractivity contribution in [3.05, 3.63) is 52.9 Å². The maximum absolute atomic E-state index is 8.53. The van der Waals surface area contributed by atoms with Gasteiger partial charge in [0.2, 0.25) is 0 Å². The first kappa shape index (κ1) is 19.6. The minimum Gasteiger partial charge on any atom is -0.356 e. The molecule has 1 aliphatic carbocycles. The highest BCUT2D eigenvalue weighted by atomic mass is 79.9. The van der Waals surface area contributed by atoms with Crippen LogP contribution in [0.4, 0.5) is 5.82 Å². The van der Waals surface area contributed by atoms with E-state index in [4.69, 9.17) is 4.78 Å². The van der Waals surface area contributed by atoms with Gasteiger partial charge in [0, 0.05) is 35.3 Å². The van der Waals surface area contributed by atoms with Gasteiger partial charge in [-0.2, -0.15) is 0 Å². The average Bonchev–Trinajstić information content (AvgIpc) is 3.19. The highest BCUT2D eigenvalue weighted by Crippen LogP contribution is 2.32. The molecule has 0 amide bonds. The van der Waals surface area contributed by atoms with Gasteiger partial charge in [0.1, 0.15) is 17.8 Å². The van der Waals surface area contributed by atoms with Gasteiger partial charge in [-0.05, 0) is 55.4 Å². The number of anilines is 1. The Balaban J connectivity index is 1.31. The molecule has 5 nitrogen and oxygen atoms in total. The topological polar surface area (TPSA) is 68.7 Å². The number of aromatic nitrogens is 3. The molecule has 28 heavy (non-hydrogen) atoms. The van der Waals surface area contributed by atoms with Gasteiger partial charge in [0.25, 0.3) is 0 Å². The Morgan fingerprint density at radius 3 is 2.64 bits per heavy atom. The monoisotopic (exact) mass is 459 g/mol. The summed E-state index contributed by atoms with van der Waals surface area (Å²) in [5.74, 6) is 3.60. The maximum atomic E-state index is 8.53. The largest absolute Gasteiger partial charge is 0.356 e. The first-order valence-corrected chi connectivity index (χ1v) is 12.1. The van der Waals surface area contributed by atoms with Crippen molar-refractivity contribution in [2.24, 2.45) is 5.92 Å². The number of fused-ring (bicyclic) bond motifs is 1. The second-order valence-corrected chi connectivity index (χ2v) is 10.2. The smallest absolute Gasteiger partial charge is 0.142 e. The molecule has 2 heterocycles. The van der Waals surface area contributed by atoms with Crippen LogP contribution in [0, 0.1) is 10.7 Å². The average molecular weight is 460 g/mol. The molecule has 0 saturated heterocycles. The van der Waals surface area contributed by atoms with E-state index in [9.17, 15) is 0 Å². The van der Waals surface area contributed by atoms with Gasteiger partial charge in [-0.25, -0.2) is 9.97 Å². The van der Waals surface area contributed by atoms with E-state index in [0.717, 1.165) is 32.8 Å². The Labute approximate surface area is 177 Å². The summed E-state index contributed by atoms with van der Waals surface area (Å²) in [5, 5.41) is 1.09. The zero-order valence-electron chi connectivity index (χ0n) is 16.1. The van der Waals surface area contributed by atoms with Crippen molar-refractivity contribution in [3.8, 4) is 0 Å². The van der Waals surface area contributed by atoms with Crippen LogP contribution in [0.15, 0.2) is 47.3 Å². The lowest BCUT2D eigenvalue weighted by atomic mass is 9.86. The van der Waals surface area contributed by atoms with E-state index in [1.807, 2.05) is 6.20 Å². The molecular formula is C21H26BrN5S. The third kappa shape index (κ3) is 4.46. The van der Waals surface area contributed by atoms with Crippen LogP contribution in [-0.2, 0) is 16.4 Å². The molecule has 0 spiro atoms. The quantitative estimate of drug-likeness (QED) is 0.525. The molecule has 4 rings (SSSR count). The van der Waals surface area contributed by atoms with Crippen molar-refractivity contribution in [2.45, 2.75) is 37.5 Å². The molecular weight excluding hydrogens is 434 g/mol. The standard InChI is InChI=1S/C21H26BrN5S/c1-27(21-19-10-11-24-20(19)25-14-26-21)18-8-4-16(5-9-18)13-28(23)12-15-2-6-17(22)7-3-15/h2-3,6-7,10-11,14,16,18,23H,4-5,8-9,12-13H2,1H3,(H,24,25,26). The molecule has 2 N–H and O–H groups in total. The number of H-pyrrole nitrogens is 1. The zero-order chi connectivity index (χ0) is 19.5. The summed E-state index contributed by atoms with van der Waals surface area (Å²) >= 11 is 3.48. The lowest BCUT2D eigenvalue weighted by Crippen LogP contribution is -2.36. The first-order chi connectivity index (χ1) is 13.6. The molecule has 2 aromatic heterocycles. The Bertz CT molecular complexity index is 947. The summed E-state index contributed by atoms with van der Waals surface area (Å²) in [6.07, 6.45) is 8.33. The van der Waals surface area contributed by atoms with Crippen LogP contribution in [0.1, 0.15) is 31.2 Å². The SMILES string of the molecule is CN(c1ncnc2[nH]ccc12)C1CCC(CS(=N)Cc2ccc(Br)cc2)CC1. The summed E-state index contributed by atoms with van der Waals surface area (Å²) in [6, 6.07) is 11.0. The van der Waals surface area contributed by atoms with Gasteiger partial charge in [0.15, 0.2) is 0 Å². The van der Waals surface area contributed by atoms with Gasteiger partial charge in [-0.15, -0.1) is 0 Å². The van der Waals surface area contributed by atoms with Gasteiger partial charge in [-0.3, -0.25) is 4.78 Å². The van der Waals surface area contributed by atoms with Crippen molar-refractivity contribution >= 4 is 43.5 Å². The number of rotatable bonds is 6. The summed E-state index contributed by atoms with van der Waals surface area (Å²) < 4.78 is 9.63. The van der Waals surface area contributed by atoms with E-state index in [2.05, 4.69) is 73.2 Å². The number of halogens is 1. The van der Waals surface area contributed by atoms with Crippen LogP contribution in [0.5, 0.6) is 0 Å². The number of hydrogen-bond acceptors (Lipinski definition) is 4. The predicted octanol–water partition coefficient (Wildman–Crippen LogP) is 5.30. The number of hydrogen-bond donors (Lipinski definition) is 2. The Kier molecular flexibility index (Phi) is 6.11. The second-order valence-electron chi connectivity index (χ2n) is 7.65. The minimum absolute atomic E-state index is 0.300. The summed E-state index contributed by atoms with van der Waals surface area (Å²) in [5.41, 5.74) is 2.17. The van der Waals surface area contributed by atoms with E-state index in [1.54, 1.807) is 6.33 Å². The zero-order valence-corrected chi connectivity index (χ0v) is 18.5. The van der Waals surface area contributed by atoms with E-state index >= 15 is 0 Å². The molecule has 1 aliphatic rings. The van der Waals surface area contributed by atoms with Crippen LogP contribution in [0.2, 0.25) is 0 Å². The van der Waals surface area contributed by atoms with Crippen LogP contribution in [0.25, 0.3) is 11.0 Å². The van der Waals surface area contributed by atoms with Crippen molar-refractivity contribution in [1.82, 2.24) is 15.0 Å². The van der Waals surface area contributed by atoms with E-state index in [1.165, 1.54) is 31.2 Å². The summed E-state index contributed by atoms with van der Waals surface area (Å²) in [7, 11) is 1.86. The number of nitrogens with one attached hydrogen (secondary N) is 2. The fourth-order valence-electron chi connectivity index (χ4n) is 4.14. The lowest BCUT2D eigenvalue weighted by molar-refractivity contribution is 0.344. The molecule has 1 unspecified atom stereocenters. The Hall–Kier alpha value is -1.73. The van der Waals surface area contributed by atoms with Gasteiger partial charge >= 0.3 is 0 Å². The normalized spacial score (nSPS) is 20.9. The molecule has 1 saturated carbocycles. The van der Waals surface area contributed by atoms with Crippen molar-refractivity contribution in [1.29, 1.82) is 4.78 Å². The molecule has 3 aromatic rings. The number of benzene rings is 1. The fraction of sp³-hybridized carbons (Fsp3) is 0.429. The maximum Gasteiger partial charge on any atom is 0.142 e. The van der Waals surface area contributed by atoms with E-state index < -0.39 is 0 Å². The number of nitrogens with zero attached hydrogens (tertiary/aromatic N) is 3. The molecule has 148 valence electrons. The fourth-order valence-corrected chi connectivity index (χ4v) is 6.02. The van der Waals surface area contributed by atoms with Crippen molar-refractivity contribution in [3.63, 3.8) is 0 Å². The van der Waals surface area contributed by atoms with Crippen molar-refractivity contribution in [2.75, 3.05) is 17.7 Å². The lowest BCUT2D eigenvalue weighted by Gasteiger charge is -2.35. The van der Waals surface area contributed by atoms with Crippen molar-refractivity contribution < 1.29 is 0 Å². The molecule has 0 radical (unpaired) electrons. The van der Waals surface area contributed by atoms with Crippen LogP contribution >= 0.6 is 15.9 Å². The third-order valence-corrected chi connectivity index (χ3v) is 7.81. The second kappa shape index (κ2) is 8.74. The Morgan fingerprint density at radius 1 is 1.14 bits per heavy atom. The van der Waals surface area contributed by atoms with Gasteiger partial charge in [0.05, 0.1) is 5.39 Å². The third-order valence-electron chi connectivity index (χ3n) is 5.72. The molecule has 1 fully saturated rings. The summed E-state index contributed by atoms with van der Waals surface area (Å²) in [6.45, 7) is 0. The van der Waals surface area contributed by atoms with Gasteiger partial charge in [-0.1, -0.05) is 38.8 Å². The molecule has 7 heteroatoms. The molecule has 1 aromatic carbocycles. The highest BCUT2D eigenvalue weighted by molar-refractivity contribution is 9.10. The van der Waals surface area contributed by atoms with E-state index in [0.29, 0.717) is 12.0 Å². The summed E-state index contributed by atoms with van der Waals surface area (Å²) in [4.78, 5) is 14.3. The molecule has 0 aliphatic heterocycles. The van der Waals surface area contributed by atoms with Crippen LogP contribution in [0.3, 0.4) is 0 Å².